The molecule has 0 aromatic heterocycles. The summed E-state index contributed by atoms with van der Waals surface area (Å²) < 4.78 is 14.4. The highest BCUT2D eigenvalue weighted by Gasteiger charge is 2.28. The highest BCUT2D eigenvalue weighted by Crippen LogP contribution is 2.31. The van der Waals surface area contributed by atoms with E-state index in [0.29, 0.717) is 48.7 Å². The third-order valence-corrected chi connectivity index (χ3v) is 9.41. The van der Waals surface area contributed by atoms with Crippen LogP contribution in [0.4, 0.5) is 4.39 Å². The molecule has 1 aliphatic carbocycles. The predicted octanol–water partition coefficient (Wildman–Crippen LogP) is 6.51. The average Bonchev–Trinajstić information content (AvgIpc) is 3.04. The molecule has 5 nitrogen and oxygen atoms in total. The molecule has 1 fully saturated rings. The van der Waals surface area contributed by atoms with Crippen molar-refractivity contribution in [2.45, 2.75) is 85.0 Å². The van der Waals surface area contributed by atoms with Crippen LogP contribution in [0.15, 0.2) is 63.7 Å². The lowest BCUT2D eigenvalue weighted by Gasteiger charge is -2.42. The first-order valence-corrected chi connectivity index (χ1v) is 15.3. The molecule has 0 aromatic rings. The number of hydrogen-bond acceptors (Lipinski definition) is 4. The van der Waals surface area contributed by atoms with Crippen LogP contribution in [-0.4, -0.2) is 77.4 Å². The number of amidine groups is 1. The van der Waals surface area contributed by atoms with Gasteiger partial charge < -0.3 is 10.8 Å². The fourth-order valence-electron chi connectivity index (χ4n) is 5.20. The Balaban J connectivity index is 1.93. The summed E-state index contributed by atoms with van der Waals surface area (Å²) in [5.41, 5.74) is 9.72. The molecule has 0 saturated carbocycles. The van der Waals surface area contributed by atoms with E-state index in [9.17, 15) is 9.50 Å². The fourth-order valence-corrected chi connectivity index (χ4v) is 6.75. The molecule has 0 bridgehead atoms. The quantitative estimate of drug-likeness (QED) is 0.123. The van der Waals surface area contributed by atoms with Gasteiger partial charge in [-0.3, -0.25) is 14.8 Å². The number of aliphatic imine (C=N–C) groups is 1. The van der Waals surface area contributed by atoms with Crippen molar-refractivity contribution < 1.29 is 9.50 Å². The summed E-state index contributed by atoms with van der Waals surface area (Å²) in [5, 5.41) is 9.68. The van der Waals surface area contributed by atoms with Crippen molar-refractivity contribution in [3.05, 3.63) is 58.7 Å². The van der Waals surface area contributed by atoms with E-state index in [4.69, 9.17) is 5.73 Å². The Kier molecular flexibility index (Phi) is 13.8. The first kappa shape index (κ1) is 31.5. The summed E-state index contributed by atoms with van der Waals surface area (Å²) >= 11 is 0. The smallest absolute Gasteiger partial charge is 0.131 e. The highest BCUT2D eigenvalue weighted by atomic mass is 31.1. The van der Waals surface area contributed by atoms with Crippen molar-refractivity contribution in [3.8, 4) is 0 Å². The zero-order chi connectivity index (χ0) is 27.4. The molecular weight excluding hydrogens is 482 g/mol. The molecule has 1 aliphatic heterocycles. The van der Waals surface area contributed by atoms with E-state index < -0.39 is 0 Å². The van der Waals surface area contributed by atoms with Crippen molar-refractivity contribution in [3.63, 3.8) is 0 Å². The SMILES string of the molecule is C/C=C(\C=C(\C)C(C)PCC(CC)N(CC)C1CCN(CC2=C(F)C=C(O)CC=C2)CC1)C(N)=NCC. The van der Waals surface area contributed by atoms with E-state index in [2.05, 4.69) is 48.6 Å². The number of aliphatic hydroxyl groups excluding tert-OH is 1. The number of allylic oxidation sites excluding steroid dienone is 5. The van der Waals surface area contributed by atoms with Crippen LogP contribution in [0.1, 0.15) is 67.2 Å². The summed E-state index contributed by atoms with van der Waals surface area (Å²) in [6, 6.07) is 1.16. The van der Waals surface area contributed by atoms with Crippen molar-refractivity contribution in [2.24, 2.45) is 10.7 Å². The minimum absolute atomic E-state index is 0.0871. The topological polar surface area (TPSA) is 65.1 Å². The van der Waals surface area contributed by atoms with E-state index in [1.165, 1.54) is 17.8 Å². The standard InChI is InChI=1S/C30H50FN4OP/c1-7-24(30(32)33-9-3)18-22(5)23(6)37-21-26(8-2)35(10-4)27-14-16-34(17-15-27)20-25-12-11-13-28(36)19-29(25)31/h7,11-12,18-19,23,26-27,36-37H,8-10,13-17,20-21H2,1-6H3,(H2,32,33)/b22-18-,24-7+. The molecule has 208 valence electrons. The van der Waals surface area contributed by atoms with Crippen LogP contribution in [0.25, 0.3) is 0 Å². The Labute approximate surface area is 226 Å². The third kappa shape index (κ3) is 9.81. The number of halogens is 1. The van der Waals surface area contributed by atoms with Crippen LogP contribution in [0.3, 0.4) is 0 Å². The van der Waals surface area contributed by atoms with Gasteiger partial charge in [0.15, 0.2) is 0 Å². The lowest BCUT2D eigenvalue weighted by atomic mass is 10.00. The van der Waals surface area contributed by atoms with Crippen molar-refractivity contribution in [1.29, 1.82) is 0 Å². The first-order valence-electron chi connectivity index (χ1n) is 14.0. The molecule has 0 spiro atoms. The Hall–Kier alpha value is -1.75. The van der Waals surface area contributed by atoms with Gasteiger partial charge in [0.25, 0.3) is 0 Å². The number of nitrogens with two attached hydrogens (primary N) is 1. The number of rotatable bonds is 13. The molecule has 3 unspecified atom stereocenters. The van der Waals surface area contributed by atoms with E-state index in [0.717, 1.165) is 53.1 Å². The second kappa shape index (κ2) is 16.3. The van der Waals surface area contributed by atoms with Crippen LogP contribution < -0.4 is 5.73 Å². The molecule has 2 rings (SSSR count). The maximum atomic E-state index is 14.4. The molecule has 2 aliphatic rings. The highest BCUT2D eigenvalue weighted by molar-refractivity contribution is 7.39. The zero-order valence-corrected chi connectivity index (χ0v) is 24.9. The first-order chi connectivity index (χ1) is 17.7. The number of piperidine rings is 1. The molecule has 3 N–H and O–H groups in total. The molecule has 7 heteroatoms. The van der Waals surface area contributed by atoms with Gasteiger partial charge >= 0.3 is 0 Å². The molecule has 0 aromatic carbocycles. The molecule has 37 heavy (non-hydrogen) atoms. The van der Waals surface area contributed by atoms with Gasteiger partial charge in [-0.15, -0.1) is 8.58 Å². The normalized spacial score (nSPS) is 21.2. The number of hydrogen-bond donors (Lipinski definition) is 2. The third-order valence-electron chi connectivity index (χ3n) is 7.63. The van der Waals surface area contributed by atoms with Gasteiger partial charge in [0.05, 0.1) is 5.76 Å². The molecule has 1 saturated heterocycles. The summed E-state index contributed by atoms with van der Waals surface area (Å²) in [5.74, 6) is 0.401. The average molecular weight is 533 g/mol. The summed E-state index contributed by atoms with van der Waals surface area (Å²) in [7, 11) is 0.862. The van der Waals surface area contributed by atoms with Gasteiger partial charge in [-0.05, 0) is 71.5 Å². The van der Waals surface area contributed by atoms with Crippen molar-refractivity contribution in [2.75, 3.05) is 38.9 Å². The molecule has 3 atom stereocenters. The van der Waals surface area contributed by atoms with Crippen LogP contribution in [-0.2, 0) is 0 Å². The summed E-state index contributed by atoms with van der Waals surface area (Å²) in [6.45, 7) is 17.5. The van der Waals surface area contributed by atoms with Crippen molar-refractivity contribution >= 4 is 14.4 Å². The minimum Gasteiger partial charge on any atom is -0.512 e. The number of nitrogens with zero attached hydrogens (tertiary/aromatic N) is 3. The van der Waals surface area contributed by atoms with Gasteiger partial charge in [0.2, 0.25) is 0 Å². The van der Waals surface area contributed by atoms with E-state index >= 15 is 0 Å². The molecule has 1 heterocycles. The van der Waals surface area contributed by atoms with E-state index in [-0.39, 0.29) is 11.6 Å². The molecule has 0 amide bonds. The van der Waals surface area contributed by atoms with Gasteiger partial charge in [0.1, 0.15) is 11.7 Å². The van der Waals surface area contributed by atoms with Gasteiger partial charge in [-0.2, -0.15) is 0 Å². The second-order valence-corrected chi connectivity index (χ2v) is 11.8. The van der Waals surface area contributed by atoms with E-state index in [1.807, 2.05) is 32.1 Å². The van der Waals surface area contributed by atoms with Crippen LogP contribution >= 0.6 is 8.58 Å². The zero-order valence-electron chi connectivity index (χ0n) is 23.9. The number of likely N-dealkylation sites (tertiary alicyclic amines) is 1. The monoisotopic (exact) mass is 532 g/mol. The van der Waals surface area contributed by atoms with E-state index in [1.54, 1.807) is 0 Å². The van der Waals surface area contributed by atoms with Gasteiger partial charge in [0, 0.05) is 48.8 Å². The fraction of sp³-hybridized carbons (Fsp3) is 0.633. The lowest BCUT2D eigenvalue weighted by molar-refractivity contribution is 0.0870. The van der Waals surface area contributed by atoms with Gasteiger partial charge in [-0.1, -0.05) is 50.6 Å². The predicted molar refractivity (Wildman–Crippen MR) is 161 cm³/mol. The Bertz CT molecular complexity index is 913. The Morgan fingerprint density at radius 3 is 2.62 bits per heavy atom. The maximum Gasteiger partial charge on any atom is 0.131 e. The van der Waals surface area contributed by atoms with Crippen LogP contribution in [0, 0.1) is 0 Å². The lowest BCUT2D eigenvalue weighted by Crippen LogP contribution is -2.49. The minimum atomic E-state index is -0.309. The Morgan fingerprint density at radius 2 is 2.03 bits per heavy atom. The Morgan fingerprint density at radius 1 is 1.32 bits per heavy atom. The maximum absolute atomic E-state index is 14.4. The number of aliphatic hydroxyl groups is 1. The van der Waals surface area contributed by atoms with Crippen LogP contribution in [0.5, 0.6) is 0 Å². The van der Waals surface area contributed by atoms with Crippen molar-refractivity contribution in [1.82, 2.24) is 9.80 Å². The molecular formula is C30H50FN4OP. The summed E-state index contributed by atoms with van der Waals surface area (Å²) in [4.78, 5) is 9.45. The molecule has 0 radical (unpaired) electrons. The van der Waals surface area contributed by atoms with Gasteiger partial charge in [-0.25, -0.2) is 4.39 Å². The second-order valence-electron chi connectivity index (χ2n) is 10.1. The van der Waals surface area contributed by atoms with Crippen LogP contribution in [0.2, 0.25) is 0 Å². The largest absolute Gasteiger partial charge is 0.512 e. The summed E-state index contributed by atoms with van der Waals surface area (Å²) in [6.07, 6.45) is 14.2.